The molecule has 0 amide bonds. The molecule has 2 rings (SSSR count). The van der Waals surface area contributed by atoms with E-state index >= 15 is 0 Å². The van der Waals surface area contributed by atoms with Crippen LogP contribution in [0.2, 0.25) is 0 Å². The summed E-state index contributed by atoms with van der Waals surface area (Å²) in [4.78, 5) is 25.5. The minimum Gasteiger partial charge on any atom is -0.289 e. The summed E-state index contributed by atoms with van der Waals surface area (Å²) in [6.45, 7) is 10.5. The average molecular weight is 469 g/mol. The summed E-state index contributed by atoms with van der Waals surface area (Å²) in [5, 5.41) is 0. The summed E-state index contributed by atoms with van der Waals surface area (Å²) in [6, 6.07) is 6.73. The summed E-state index contributed by atoms with van der Waals surface area (Å²) < 4.78 is 13.7. The highest BCUT2D eigenvalue weighted by molar-refractivity contribution is 6.27. The maximum atomic E-state index is 13.7. The maximum Gasteiger partial charge on any atom is 0.192 e. The number of carbonyl (C=O) groups is 2. The Balaban J connectivity index is 1.75. The monoisotopic (exact) mass is 468 g/mol. The smallest absolute Gasteiger partial charge is 0.192 e. The van der Waals surface area contributed by atoms with Crippen molar-refractivity contribution in [1.82, 2.24) is 0 Å². The SMILES string of the molecule is CC(=CCC1=C(CF)C(=O)c2ccccc2C1=O)CCC[C@H](C)CCC[C@H](C)CCCC(C)C. The molecule has 3 heteroatoms. The molecule has 1 aliphatic rings. The van der Waals surface area contributed by atoms with E-state index in [1.807, 2.05) is 6.08 Å². The molecule has 0 spiro atoms. The molecule has 188 valence electrons. The van der Waals surface area contributed by atoms with Crippen LogP contribution in [0, 0.1) is 17.8 Å². The topological polar surface area (TPSA) is 34.1 Å². The molecule has 0 aliphatic heterocycles. The molecule has 0 fully saturated rings. The molecule has 0 bridgehead atoms. The molecule has 1 aromatic rings. The number of alkyl halides is 1. The lowest BCUT2D eigenvalue weighted by Crippen LogP contribution is -2.23. The zero-order chi connectivity index (χ0) is 25.1. The van der Waals surface area contributed by atoms with Crippen molar-refractivity contribution in [1.29, 1.82) is 0 Å². The van der Waals surface area contributed by atoms with Gasteiger partial charge in [-0.15, -0.1) is 0 Å². The first-order valence-electron chi connectivity index (χ1n) is 13.4. The van der Waals surface area contributed by atoms with Gasteiger partial charge < -0.3 is 0 Å². The average Bonchev–Trinajstić information content (AvgIpc) is 2.80. The second-order valence-electron chi connectivity index (χ2n) is 10.9. The summed E-state index contributed by atoms with van der Waals surface area (Å²) in [7, 11) is 0. The number of hydrogen-bond acceptors (Lipinski definition) is 2. The van der Waals surface area contributed by atoms with E-state index in [0.717, 1.165) is 30.6 Å². The molecular weight excluding hydrogens is 423 g/mol. The molecule has 34 heavy (non-hydrogen) atoms. The highest BCUT2D eigenvalue weighted by Gasteiger charge is 2.30. The third-order valence-electron chi connectivity index (χ3n) is 7.26. The first-order valence-corrected chi connectivity index (χ1v) is 13.4. The van der Waals surface area contributed by atoms with E-state index in [2.05, 4.69) is 34.6 Å². The first kappa shape index (κ1) is 28.2. The third kappa shape index (κ3) is 8.64. The van der Waals surface area contributed by atoms with E-state index in [1.54, 1.807) is 24.3 Å². The van der Waals surface area contributed by atoms with Crippen LogP contribution < -0.4 is 0 Å². The minimum atomic E-state index is -0.894. The predicted molar refractivity (Wildman–Crippen MR) is 141 cm³/mol. The predicted octanol–water partition coefficient (Wildman–Crippen LogP) is 9.11. The van der Waals surface area contributed by atoms with Gasteiger partial charge >= 0.3 is 0 Å². The fourth-order valence-electron chi connectivity index (χ4n) is 4.92. The highest BCUT2D eigenvalue weighted by Crippen LogP contribution is 2.29. The molecule has 0 saturated carbocycles. The van der Waals surface area contributed by atoms with Crippen LogP contribution >= 0.6 is 0 Å². The van der Waals surface area contributed by atoms with Gasteiger partial charge in [-0.1, -0.05) is 109 Å². The van der Waals surface area contributed by atoms with Crippen molar-refractivity contribution in [2.24, 2.45) is 17.8 Å². The molecule has 0 saturated heterocycles. The van der Waals surface area contributed by atoms with Crippen LogP contribution in [0.3, 0.4) is 0 Å². The van der Waals surface area contributed by atoms with Crippen LogP contribution in [0.5, 0.6) is 0 Å². The van der Waals surface area contributed by atoms with Crippen molar-refractivity contribution < 1.29 is 14.0 Å². The van der Waals surface area contributed by atoms with Gasteiger partial charge in [-0.05, 0) is 43.9 Å². The molecule has 1 aromatic carbocycles. The lowest BCUT2D eigenvalue weighted by Gasteiger charge is -2.19. The number of Topliss-reactive ketones (excluding diaryl/α,β-unsaturated/α-hetero) is 2. The van der Waals surface area contributed by atoms with Crippen molar-refractivity contribution >= 4 is 11.6 Å². The molecule has 0 heterocycles. The second-order valence-corrected chi connectivity index (χ2v) is 10.9. The summed E-state index contributed by atoms with van der Waals surface area (Å²) in [6.07, 6.45) is 13.6. The van der Waals surface area contributed by atoms with E-state index in [4.69, 9.17) is 0 Å². The van der Waals surface area contributed by atoms with Crippen molar-refractivity contribution in [2.45, 2.75) is 98.8 Å². The summed E-state index contributed by atoms with van der Waals surface area (Å²) in [5.41, 5.74) is 2.27. The Morgan fingerprint density at radius 1 is 0.794 bits per heavy atom. The number of carbonyl (C=O) groups excluding carboxylic acids is 2. The standard InChI is InChI=1S/C31H45FO2/c1-22(2)11-8-12-23(3)13-9-14-24(4)15-10-16-25(5)19-20-28-29(21-32)31(34)27-18-7-6-17-26(27)30(28)33/h6-7,17-19,22-24H,8-16,20-21H2,1-5H3/t23-,24-/m1/s1. The number of fused-ring (bicyclic) bond motifs is 1. The molecule has 0 radical (unpaired) electrons. The molecule has 1 aliphatic carbocycles. The fourth-order valence-corrected chi connectivity index (χ4v) is 4.92. The molecular formula is C31H45FO2. The van der Waals surface area contributed by atoms with Gasteiger partial charge in [-0.3, -0.25) is 9.59 Å². The van der Waals surface area contributed by atoms with Gasteiger partial charge in [0.25, 0.3) is 0 Å². The Hall–Kier alpha value is -2.03. The van der Waals surface area contributed by atoms with Gasteiger partial charge in [0, 0.05) is 22.3 Å². The van der Waals surface area contributed by atoms with Gasteiger partial charge in [0.1, 0.15) is 6.67 Å². The number of rotatable bonds is 15. The number of ketones is 2. The van der Waals surface area contributed by atoms with Crippen molar-refractivity contribution in [2.75, 3.05) is 6.67 Å². The van der Waals surface area contributed by atoms with Gasteiger partial charge in [-0.2, -0.15) is 0 Å². The van der Waals surface area contributed by atoms with Gasteiger partial charge in [0.2, 0.25) is 0 Å². The van der Waals surface area contributed by atoms with Crippen molar-refractivity contribution in [3.8, 4) is 0 Å². The van der Waals surface area contributed by atoms with Crippen LogP contribution in [0.1, 0.15) is 120 Å². The Morgan fingerprint density at radius 2 is 1.29 bits per heavy atom. The van der Waals surface area contributed by atoms with E-state index in [1.165, 1.54) is 50.5 Å². The van der Waals surface area contributed by atoms with Gasteiger partial charge in [-0.25, -0.2) is 4.39 Å². The Bertz CT molecular complexity index is 877. The number of hydrogen-bond donors (Lipinski definition) is 0. The van der Waals surface area contributed by atoms with Gasteiger partial charge in [0.15, 0.2) is 11.6 Å². The van der Waals surface area contributed by atoms with Crippen LogP contribution in [0.25, 0.3) is 0 Å². The van der Waals surface area contributed by atoms with Crippen LogP contribution in [0.4, 0.5) is 4.39 Å². The molecule has 2 atom stereocenters. The number of benzene rings is 1. The Labute approximate surface area is 207 Å². The molecule has 0 aromatic heterocycles. The summed E-state index contributed by atoms with van der Waals surface area (Å²) >= 11 is 0. The van der Waals surface area contributed by atoms with E-state index < -0.39 is 6.67 Å². The summed E-state index contributed by atoms with van der Waals surface area (Å²) in [5.74, 6) is 1.82. The van der Waals surface area contributed by atoms with E-state index in [0.29, 0.717) is 23.1 Å². The number of allylic oxidation sites excluding steroid dienone is 4. The van der Waals surface area contributed by atoms with Crippen LogP contribution in [-0.2, 0) is 0 Å². The van der Waals surface area contributed by atoms with Crippen LogP contribution in [0.15, 0.2) is 47.1 Å². The molecule has 0 N–H and O–H groups in total. The molecule has 2 nitrogen and oxygen atoms in total. The fraction of sp³-hybridized carbons (Fsp3) is 0.613. The zero-order valence-electron chi connectivity index (χ0n) is 22.1. The maximum absolute atomic E-state index is 13.7. The van der Waals surface area contributed by atoms with E-state index in [9.17, 15) is 14.0 Å². The van der Waals surface area contributed by atoms with Gasteiger partial charge in [0.05, 0.1) is 0 Å². The lowest BCUT2D eigenvalue weighted by molar-refractivity contribution is 0.0967. The third-order valence-corrected chi connectivity index (χ3v) is 7.26. The second kappa shape index (κ2) is 14.4. The zero-order valence-corrected chi connectivity index (χ0v) is 22.1. The van der Waals surface area contributed by atoms with Crippen molar-refractivity contribution in [3.05, 3.63) is 58.2 Å². The lowest BCUT2D eigenvalue weighted by atomic mass is 9.83. The van der Waals surface area contributed by atoms with E-state index in [-0.39, 0.29) is 17.1 Å². The molecule has 0 unspecified atom stereocenters. The quantitative estimate of drug-likeness (QED) is 0.240. The van der Waals surface area contributed by atoms with Crippen LogP contribution in [-0.4, -0.2) is 18.2 Å². The Kier molecular flexibility index (Phi) is 11.9. The first-order chi connectivity index (χ1) is 16.2. The van der Waals surface area contributed by atoms with Crippen molar-refractivity contribution in [3.63, 3.8) is 0 Å². The Morgan fingerprint density at radius 3 is 1.82 bits per heavy atom. The number of halogens is 1. The normalized spacial score (nSPS) is 16.3. The largest absolute Gasteiger partial charge is 0.289 e. The highest BCUT2D eigenvalue weighted by atomic mass is 19.1. The minimum absolute atomic E-state index is 0.0276.